The number of halogens is 1. The number of nitrogens with zero attached hydrogens (tertiary/aromatic N) is 1. The third kappa shape index (κ3) is 6.34. The molecule has 0 aliphatic heterocycles. The first kappa shape index (κ1) is 21.4. The van der Waals surface area contributed by atoms with Gasteiger partial charge >= 0.3 is 0 Å². The van der Waals surface area contributed by atoms with E-state index in [4.69, 9.17) is 4.74 Å². The Balaban J connectivity index is 2.20. The predicted molar refractivity (Wildman–Crippen MR) is 109 cm³/mol. The van der Waals surface area contributed by atoms with Crippen molar-refractivity contribution in [3.8, 4) is 0 Å². The van der Waals surface area contributed by atoms with Crippen LogP contribution in [0.1, 0.15) is 13.3 Å². The lowest BCUT2D eigenvalue weighted by Gasteiger charge is -2.24. The van der Waals surface area contributed by atoms with Gasteiger partial charge in [-0.15, -0.1) is 0 Å². The molecule has 0 heterocycles. The molecule has 1 N–H and O–H groups in total. The maximum atomic E-state index is 13.1. The second-order valence-electron chi connectivity index (χ2n) is 5.71. The number of rotatable bonds is 10. The molecule has 1 amide bonds. The standard InChI is InChI=1S/C19H23BrN2O4S/c1-2-26-13-7-12-21-19(23)15-22(17-9-6-8-16(20)14-17)27(24,25)18-10-4-3-5-11-18/h3-6,8-11,14H,2,7,12-13,15H2,1H3,(H,21,23). The van der Waals surface area contributed by atoms with Gasteiger partial charge in [-0.25, -0.2) is 8.42 Å². The summed E-state index contributed by atoms with van der Waals surface area (Å²) in [6.07, 6.45) is 0.669. The number of carbonyl (C=O) groups excluding carboxylic acids is 1. The number of anilines is 1. The van der Waals surface area contributed by atoms with E-state index in [0.29, 0.717) is 31.9 Å². The van der Waals surface area contributed by atoms with Crippen molar-refractivity contribution in [1.82, 2.24) is 5.32 Å². The van der Waals surface area contributed by atoms with Gasteiger partial charge in [0.1, 0.15) is 6.54 Å². The molecular formula is C19H23BrN2O4S. The summed E-state index contributed by atoms with van der Waals surface area (Å²) in [5.74, 6) is -0.369. The van der Waals surface area contributed by atoms with E-state index in [2.05, 4.69) is 21.2 Å². The van der Waals surface area contributed by atoms with Gasteiger partial charge in [0, 0.05) is 24.2 Å². The highest BCUT2D eigenvalue weighted by atomic mass is 79.9. The van der Waals surface area contributed by atoms with E-state index in [1.807, 2.05) is 6.92 Å². The normalized spacial score (nSPS) is 11.2. The Bertz CT molecular complexity index is 844. The van der Waals surface area contributed by atoms with Gasteiger partial charge in [-0.2, -0.15) is 0 Å². The number of hydrogen-bond donors (Lipinski definition) is 1. The van der Waals surface area contributed by atoms with Crippen LogP contribution in [0.2, 0.25) is 0 Å². The van der Waals surface area contributed by atoms with Crippen LogP contribution in [0.4, 0.5) is 5.69 Å². The lowest BCUT2D eigenvalue weighted by atomic mass is 10.3. The third-order valence-electron chi connectivity index (χ3n) is 3.71. The monoisotopic (exact) mass is 454 g/mol. The SMILES string of the molecule is CCOCCCNC(=O)CN(c1cccc(Br)c1)S(=O)(=O)c1ccccc1. The van der Waals surface area contributed by atoms with Gasteiger partial charge in [-0.05, 0) is 43.7 Å². The first-order chi connectivity index (χ1) is 12.9. The molecule has 2 rings (SSSR count). The fourth-order valence-electron chi connectivity index (χ4n) is 2.40. The predicted octanol–water partition coefficient (Wildman–Crippen LogP) is 3.19. The number of amides is 1. The van der Waals surface area contributed by atoms with Crippen LogP contribution in [-0.2, 0) is 19.6 Å². The van der Waals surface area contributed by atoms with Gasteiger partial charge in [0.15, 0.2) is 0 Å². The van der Waals surface area contributed by atoms with Gasteiger partial charge < -0.3 is 10.1 Å². The number of carbonyl (C=O) groups is 1. The van der Waals surface area contributed by atoms with Crippen LogP contribution in [0.15, 0.2) is 64.0 Å². The van der Waals surface area contributed by atoms with Gasteiger partial charge in [0.05, 0.1) is 10.6 Å². The molecule has 0 bridgehead atoms. The quantitative estimate of drug-likeness (QED) is 0.559. The zero-order valence-corrected chi connectivity index (χ0v) is 17.5. The molecule has 0 fully saturated rings. The van der Waals surface area contributed by atoms with Crippen molar-refractivity contribution in [3.63, 3.8) is 0 Å². The molecule has 0 atom stereocenters. The average molecular weight is 455 g/mol. The minimum absolute atomic E-state index is 0.133. The van der Waals surface area contributed by atoms with Crippen LogP contribution in [-0.4, -0.2) is 40.6 Å². The van der Waals surface area contributed by atoms with Gasteiger partial charge in [0.2, 0.25) is 5.91 Å². The summed E-state index contributed by atoms with van der Waals surface area (Å²) >= 11 is 3.35. The summed E-state index contributed by atoms with van der Waals surface area (Å²) in [6, 6.07) is 14.9. The molecule has 0 radical (unpaired) electrons. The highest BCUT2D eigenvalue weighted by Crippen LogP contribution is 2.26. The summed E-state index contributed by atoms with van der Waals surface area (Å²) < 4.78 is 33.3. The van der Waals surface area contributed by atoms with Crippen LogP contribution in [0.5, 0.6) is 0 Å². The molecule has 2 aromatic rings. The molecule has 0 saturated carbocycles. The highest BCUT2D eigenvalue weighted by molar-refractivity contribution is 9.10. The smallest absolute Gasteiger partial charge is 0.264 e. The molecule has 0 saturated heterocycles. The molecule has 0 aliphatic carbocycles. The molecule has 8 heteroatoms. The Morgan fingerprint density at radius 1 is 1.15 bits per heavy atom. The minimum atomic E-state index is -3.88. The topological polar surface area (TPSA) is 75.7 Å². The van der Waals surface area contributed by atoms with Crippen LogP contribution in [0, 0.1) is 0 Å². The van der Waals surface area contributed by atoms with Gasteiger partial charge in [-0.3, -0.25) is 9.10 Å². The molecule has 2 aromatic carbocycles. The van der Waals surface area contributed by atoms with E-state index >= 15 is 0 Å². The van der Waals surface area contributed by atoms with E-state index in [-0.39, 0.29) is 17.3 Å². The summed E-state index contributed by atoms with van der Waals surface area (Å²) in [5, 5.41) is 2.74. The zero-order valence-electron chi connectivity index (χ0n) is 15.1. The van der Waals surface area contributed by atoms with E-state index in [0.717, 1.165) is 8.78 Å². The average Bonchev–Trinajstić information content (AvgIpc) is 2.66. The fourth-order valence-corrected chi connectivity index (χ4v) is 4.22. The van der Waals surface area contributed by atoms with Crippen molar-refractivity contribution in [2.75, 3.05) is 30.6 Å². The number of benzene rings is 2. The lowest BCUT2D eigenvalue weighted by Crippen LogP contribution is -2.41. The summed E-state index contributed by atoms with van der Waals surface area (Å²) in [6.45, 7) is 3.20. The second kappa shape index (κ2) is 10.4. The van der Waals surface area contributed by atoms with E-state index in [9.17, 15) is 13.2 Å². The molecule has 27 heavy (non-hydrogen) atoms. The zero-order chi connectivity index (χ0) is 19.7. The fraction of sp³-hybridized carbons (Fsp3) is 0.316. The highest BCUT2D eigenvalue weighted by Gasteiger charge is 2.27. The first-order valence-electron chi connectivity index (χ1n) is 8.63. The Labute approximate surface area is 168 Å². The van der Waals surface area contributed by atoms with Crippen molar-refractivity contribution in [2.24, 2.45) is 0 Å². The van der Waals surface area contributed by atoms with E-state index in [1.165, 1.54) is 12.1 Å². The molecule has 0 unspecified atom stereocenters. The van der Waals surface area contributed by atoms with Gasteiger partial charge in [0.25, 0.3) is 10.0 Å². The van der Waals surface area contributed by atoms with Crippen molar-refractivity contribution in [2.45, 2.75) is 18.2 Å². The number of sulfonamides is 1. The summed E-state index contributed by atoms with van der Waals surface area (Å²) in [5.41, 5.74) is 0.415. The van der Waals surface area contributed by atoms with E-state index < -0.39 is 10.0 Å². The molecule has 146 valence electrons. The Kier molecular flexibility index (Phi) is 8.27. The number of hydrogen-bond acceptors (Lipinski definition) is 4. The number of ether oxygens (including phenoxy) is 1. The third-order valence-corrected chi connectivity index (χ3v) is 5.99. The maximum absolute atomic E-state index is 13.1. The molecule has 0 aromatic heterocycles. The summed E-state index contributed by atoms with van der Waals surface area (Å²) in [4.78, 5) is 12.5. The second-order valence-corrected chi connectivity index (χ2v) is 8.48. The maximum Gasteiger partial charge on any atom is 0.264 e. The van der Waals surface area contributed by atoms with Crippen LogP contribution in [0.25, 0.3) is 0 Å². The van der Waals surface area contributed by atoms with Gasteiger partial charge in [-0.1, -0.05) is 40.2 Å². The Morgan fingerprint density at radius 2 is 1.89 bits per heavy atom. The summed E-state index contributed by atoms with van der Waals surface area (Å²) in [7, 11) is -3.88. The van der Waals surface area contributed by atoms with Crippen molar-refractivity contribution in [1.29, 1.82) is 0 Å². The van der Waals surface area contributed by atoms with Crippen LogP contribution in [0.3, 0.4) is 0 Å². The molecule has 6 nitrogen and oxygen atoms in total. The molecule has 0 spiro atoms. The Hall–Kier alpha value is -1.90. The minimum Gasteiger partial charge on any atom is -0.382 e. The van der Waals surface area contributed by atoms with Crippen molar-refractivity contribution < 1.29 is 17.9 Å². The molecular weight excluding hydrogens is 432 g/mol. The Morgan fingerprint density at radius 3 is 2.56 bits per heavy atom. The van der Waals surface area contributed by atoms with Crippen LogP contribution < -0.4 is 9.62 Å². The van der Waals surface area contributed by atoms with Crippen LogP contribution >= 0.6 is 15.9 Å². The lowest BCUT2D eigenvalue weighted by molar-refractivity contribution is -0.119. The number of nitrogens with one attached hydrogen (secondary N) is 1. The van der Waals surface area contributed by atoms with Crippen molar-refractivity contribution >= 4 is 37.5 Å². The molecule has 0 aliphatic rings. The first-order valence-corrected chi connectivity index (χ1v) is 10.9. The van der Waals surface area contributed by atoms with Crippen molar-refractivity contribution in [3.05, 3.63) is 59.1 Å². The van der Waals surface area contributed by atoms with E-state index in [1.54, 1.807) is 42.5 Å². The largest absolute Gasteiger partial charge is 0.382 e.